The molecule has 0 unspecified atom stereocenters. The molecule has 4 amide bonds. The van der Waals surface area contributed by atoms with Crippen LogP contribution in [-0.4, -0.2) is 48.4 Å². The van der Waals surface area contributed by atoms with Crippen LogP contribution in [0.25, 0.3) is 0 Å². The Kier molecular flexibility index (Phi) is 14.8. The van der Waals surface area contributed by atoms with Crippen molar-refractivity contribution in [1.29, 1.82) is 0 Å². The van der Waals surface area contributed by atoms with Crippen LogP contribution in [0.2, 0.25) is 0 Å². The van der Waals surface area contributed by atoms with Gasteiger partial charge in [0, 0.05) is 29.8 Å². The number of nitrogens with one attached hydrogen (secondary N) is 3. The van der Waals surface area contributed by atoms with E-state index in [1.54, 1.807) is 54.6 Å². The molecule has 13 nitrogen and oxygen atoms in total. The number of carbonyl (C=O) groups excluding carboxylic acids is 5. The quantitative estimate of drug-likeness (QED) is 0.0401. The summed E-state index contributed by atoms with van der Waals surface area (Å²) in [5.41, 5.74) is 10.1. The van der Waals surface area contributed by atoms with E-state index in [9.17, 15) is 24.0 Å². The molecule has 0 radical (unpaired) electrons. The molecule has 0 saturated heterocycles. The van der Waals surface area contributed by atoms with Gasteiger partial charge in [-0.05, 0) is 40.5 Å². The fourth-order valence-electron chi connectivity index (χ4n) is 5.24. The molecule has 13 heteroatoms. The van der Waals surface area contributed by atoms with Crippen molar-refractivity contribution in [1.82, 2.24) is 10.6 Å². The Morgan fingerprint density at radius 2 is 1.18 bits per heavy atom. The number of hydrogen-bond acceptors (Lipinski definition) is 8. The lowest BCUT2D eigenvalue weighted by Gasteiger charge is -2.19. The predicted molar refractivity (Wildman–Crippen MR) is 209 cm³/mol. The fourth-order valence-corrected chi connectivity index (χ4v) is 5.24. The van der Waals surface area contributed by atoms with Crippen LogP contribution in [0, 0.1) is 0 Å². The smallest absolute Gasteiger partial charge is 0.435 e. The average Bonchev–Trinajstić information content (AvgIpc) is 3.22. The largest absolute Gasteiger partial charge is 0.461 e. The van der Waals surface area contributed by atoms with Crippen molar-refractivity contribution in [2.75, 3.05) is 11.9 Å². The molecule has 0 spiro atoms. The Morgan fingerprint density at radius 3 is 1.79 bits per heavy atom. The van der Waals surface area contributed by atoms with Crippen molar-refractivity contribution in [2.24, 2.45) is 10.7 Å². The van der Waals surface area contributed by atoms with Crippen LogP contribution in [0.1, 0.15) is 44.6 Å². The van der Waals surface area contributed by atoms with Gasteiger partial charge in [0.1, 0.15) is 31.7 Å². The lowest BCUT2D eigenvalue weighted by molar-refractivity contribution is -0.144. The Hall–Kier alpha value is -7.28. The van der Waals surface area contributed by atoms with Crippen LogP contribution in [0.3, 0.4) is 0 Å². The third-order valence-electron chi connectivity index (χ3n) is 8.18. The number of esters is 1. The normalized spacial score (nSPS) is 11.4. The van der Waals surface area contributed by atoms with Crippen LogP contribution < -0.4 is 21.7 Å². The first kappa shape index (κ1) is 39.9. The molecule has 5 aromatic rings. The van der Waals surface area contributed by atoms with E-state index in [2.05, 4.69) is 20.9 Å². The van der Waals surface area contributed by atoms with Crippen LogP contribution in [0.5, 0.6) is 0 Å². The third kappa shape index (κ3) is 13.3. The van der Waals surface area contributed by atoms with Gasteiger partial charge >= 0.3 is 18.2 Å². The molecular weight excluding hydrogens is 714 g/mol. The molecule has 0 bridgehead atoms. The summed E-state index contributed by atoms with van der Waals surface area (Å²) in [6.07, 6.45) is -1.63. The molecule has 1 atom stereocenters. The van der Waals surface area contributed by atoms with E-state index in [4.69, 9.17) is 19.9 Å². The second-order valence-corrected chi connectivity index (χ2v) is 12.4. The molecule has 5 rings (SSSR count). The average molecular weight is 756 g/mol. The van der Waals surface area contributed by atoms with Crippen molar-refractivity contribution in [2.45, 2.75) is 38.7 Å². The maximum atomic E-state index is 13.7. The van der Waals surface area contributed by atoms with Gasteiger partial charge in [0.2, 0.25) is 5.91 Å². The first-order chi connectivity index (χ1) is 27.2. The van der Waals surface area contributed by atoms with Gasteiger partial charge in [0.15, 0.2) is 0 Å². The van der Waals surface area contributed by atoms with Crippen molar-refractivity contribution < 1.29 is 38.2 Å². The van der Waals surface area contributed by atoms with E-state index in [1.165, 1.54) is 6.07 Å². The molecule has 0 fully saturated rings. The number of carbonyl (C=O) groups is 5. The molecule has 5 N–H and O–H groups in total. The Balaban J connectivity index is 1.19. The van der Waals surface area contributed by atoms with Crippen LogP contribution >= 0.6 is 0 Å². The van der Waals surface area contributed by atoms with Gasteiger partial charge in [-0.3, -0.25) is 14.4 Å². The number of nitrogens with zero attached hydrogens (tertiary/aromatic N) is 1. The fraction of sp³-hybridized carbons (Fsp3) is 0.163. The van der Waals surface area contributed by atoms with E-state index in [0.29, 0.717) is 16.8 Å². The van der Waals surface area contributed by atoms with Crippen molar-refractivity contribution in [3.63, 3.8) is 0 Å². The SMILES string of the molecule is NC(=NC(=O)OCc1ccccc1)c1ccc(C[C@H](NC(=O)OCc2ccccc2)C(=O)Nc2cccc(C(=O)NCCC(=O)OCc3ccccc3)c2)cc1. The van der Waals surface area contributed by atoms with E-state index < -0.39 is 36.0 Å². The number of amides is 4. The Morgan fingerprint density at radius 1 is 0.607 bits per heavy atom. The van der Waals surface area contributed by atoms with Gasteiger partial charge in [0.25, 0.3) is 5.91 Å². The second kappa shape index (κ2) is 20.8. The molecule has 0 aliphatic rings. The highest BCUT2D eigenvalue weighted by Crippen LogP contribution is 2.14. The number of hydrogen-bond donors (Lipinski definition) is 4. The first-order valence-electron chi connectivity index (χ1n) is 17.7. The number of anilines is 1. The molecule has 0 heterocycles. The minimum atomic E-state index is -1.11. The van der Waals surface area contributed by atoms with Crippen LogP contribution in [-0.2, 0) is 50.0 Å². The number of nitrogens with two attached hydrogens (primary N) is 1. The lowest BCUT2D eigenvalue weighted by Crippen LogP contribution is -2.45. The predicted octanol–water partition coefficient (Wildman–Crippen LogP) is 6.07. The summed E-state index contributed by atoms with van der Waals surface area (Å²) in [7, 11) is 0. The van der Waals surface area contributed by atoms with Gasteiger partial charge in [0.05, 0.1) is 6.42 Å². The highest BCUT2D eigenvalue weighted by molar-refractivity contribution is 6.03. The monoisotopic (exact) mass is 755 g/mol. The lowest BCUT2D eigenvalue weighted by atomic mass is 10.0. The van der Waals surface area contributed by atoms with Crippen LogP contribution in [0.15, 0.2) is 145 Å². The summed E-state index contributed by atoms with van der Waals surface area (Å²) in [6, 6.07) is 39.3. The number of benzene rings is 5. The number of alkyl carbamates (subject to hydrolysis) is 1. The molecule has 0 aliphatic heterocycles. The zero-order valence-electron chi connectivity index (χ0n) is 30.4. The summed E-state index contributed by atoms with van der Waals surface area (Å²) in [5.74, 6) is -1.55. The maximum absolute atomic E-state index is 13.7. The van der Waals surface area contributed by atoms with Crippen molar-refractivity contribution in [3.8, 4) is 0 Å². The molecule has 0 aromatic heterocycles. The number of ether oxygens (including phenoxy) is 3. The third-order valence-corrected chi connectivity index (χ3v) is 8.18. The van der Waals surface area contributed by atoms with Gasteiger partial charge < -0.3 is 35.9 Å². The summed E-state index contributed by atoms with van der Waals surface area (Å²) in [4.78, 5) is 67.7. The summed E-state index contributed by atoms with van der Waals surface area (Å²) in [6.45, 7) is 0.225. The first-order valence-corrected chi connectivity index (χ1v) is 17.7. The number of amidine groups is 1. The van der Waals surface area contributed by atoms with Gasteiger partial charge in [-0.1, -0.05) is 121 Å². The number of rotatable bonds is 16. The topological polar surface area (TPSA) is 188 Å². The van der Waals surface area contributed by atoms with Crippen LogP contribution in [0.4, 0.5) is 15.3 Å². The number of aliphatic imine (C=N–C) groups is 1. The summed E-state index contributed by atoms with van der Waals surface area (Å²) in [5, 5.41) is 8.09. The Bertz CT molecular complexity index is 2110. The minimum Gasteiger partial charge on any atom is -0.461 e. The van der Waals surface area contributed by atoms with Crippen molar-refractivity contribution in [3.05, 3.63) is 173 Å². The summed E-state index contributed by atoms with van der Waals surface area (Å²) < 4.78 is 15.8. The minimum absolute atomic E-state index is 0.00991. The van der Waals surface area contributed by atoms with E-state index >= 15 is 0 Å². The van der Waals surface area contributed by atoms with E-state index in [0.717, 1.165) is 16.7 Å². The van der Waals surface area contributed by atoms with E-state index in [1.807, 2.05) is 78.9 Å². The highest BCUT2D eigenvalue weighted by atomic mass is 16.6. The Labute approximate surface area is 323 Å². The molecule has 0 saturated carbocycles. The molecule has 5 aromatic carbocycles. The standard InChI is InChI=1S/C43H41N5O8/c44-39(48-43(53)56-29-33-15-8-3-9-16-33)34-21-19-30(20-22-34)25-37(47-42(52)55-28-32-13-6-2-7-14-32)41(51)46-36-18-10-17-35(26-36)40(50)45-24-23-38(49)54-27-31-11-4-1-5-12-31/h1-22,26,37H,23-25,27-29H2,(H,45,50)(H,46,51)(H,47,52)(H2,44,48,53)/t37-/m0/s1. The van der Waals surface area contributed by atoms with Gasteiger partial charge in [-0.25, -0.2) is 9.59 Å². The van der Waals surface area contributed by atoms with Crippen molar-refractivity contribution >= 4 is 41.5 Å². The molecule has 0 aliphatic carbocycles. The molecular formula is C43H41N5O8. The van der Waals surface area contributed by atoms with E-state index in [-0.39, 0.29) is 50.6 Å². The van der Waals surface area contributed by atoms with Gasteiger partial charge in [-0.15, -0.1) is 0 Å². The highest BCUT2D eigenvalue weighted by Gasteiger charge is 2.23. The zero-order chi connectivity index (χ0) is 39.5. The molecule has 286 valence electrons. The molecule has 56 heavy (non-hydrogen) atoms. The maximum Gasteiger partial charge on any atom is 0.435 e. The second-order valence-electron chi connectivity index (χ2n) is 12.4. The van der Waals surface area contributed by atoms with Gasteiger partial charge in [-0.2, -0.15) is 4.99 Å². The summed E-state index contributed by atoms with van der Waals surface area (Å²) >= 11 is 0. The zero-order valence-corrected chi connectivity index (χ0v) is 30.4.